The van der Waals surface area contributed by atoms with E-state index in [-0.39, 0.29) is 23.6 Å². The highest BCUT2D eigenvalue weighted by Gasteiger charge is 2.28. The molecule has 0 fully saturated rings. The van der Waals surface area contributed by atoms with Gasteiger partial charge in [-0.15, -0.1) is 0 Å². The van der Waals surface area contributed by atoms with E-state index >= 15 is 0 Å². The van der Waals surface area contributed by atoms with E-state index in [9.17, 15) is 19.5 Å². The van der Waals surface area contributed by atoms with Crippen LogP contribution in [0, 0.1) is 0 Å². The lowest BCUT2D eigenvalue weighted by Crippen LogP contribution is -2.41. The number of rotatable bonds is 6. The van der Waals surface area contributed by atoms with Crippen LogP contribution in [0.5, 0.6) is 0 Å². The molecule has 0 saturated heterocycles. The molecule has 7 nitrogen and oxygen atoms in total. The molecule has 2 N–H and O–H groups in total. The summed E-state index contributed by atoms with van der Waals surface area (Å²) in [4.78, 5) is 40.6. The number of aliphatic hydroxyl groups excluding tert-OH is 1. The smallest absolute Gasteiger partial charge is 0.263 e. The van der Waals surface area contributed by atoms with Crippen molar-refractivity contribution >= 4 is 11.8 Å². The molecule has 4 rings (SSSR count). The van der Waals surface area contributed by atoms with E-state index in [1.165, 1.54) is 7.05 Å². The van der Waals surface area contributed by atoms with Gasteiger partial charge in [0.05, 0.1) is 6.61 Å². The summed E-state index contributed by atoms with van der Waals surface area (Å²) in [5.41, 5.74) is 3.66. The van der Waals surface area contributed by atoms with E-state index in [0.717, 1.165) is 11.1 Å². The van der Waals surface area contributed by atoms with Crippen LogP contribution in [0.25, 0.3) is 0 Å². The van der Waals surface area contributed by atoms with E-state index in [0.29, 0.717) is 49.2 Å². The van der Waals surface area contributed by atoms with Crippen molar-refractivity contribution in [3.63, 3.8) is 0 Å². The van der Waals surface area contributed by atoms with Crippen molar-refractivity contribution in [2.45, 2.75) is 32.5 Å². The van der Waals surface area contributed by atoms with Gasteiger partial charge in [0.15, 0.2) is 0 Å². The van der Waals surface area contributed by atoms with Crippen LogP contribution in [0.4, 0.5) is 0 Å². The molecule has 1 aliphatic heterocycles. The van der Waals surface area contributed by atoms with E-state index < -0.39 is 5.91 Å². The minimum absolute atomic E-state index is 0.132. The number of aliphatic hydroxyl groups is 1. The lowest BCUT2D eigenvalue weighted by molar-refractivity contribution is 0.0733. The third-order valence-electron chi connectivity index (χ3n) is 6.05. The van der Waals surface area contributed by atoms with E-state index in [1.807, 2.05) is 30.3 Å². The Kier molecular flexibility index (Phi) is 6.70. The zero-order valence-corrected chi connectivity index (χ0v) is 18.6. The van der Waals surface area contributed by atoms with Gasteiger partial charge in [0.2, 0.25) is 0 Å². The third kappa shape index (κ3) is 4.73. The van der Waals surface area contributed by atoms with Crippen molar-refractivity contribution in [3.05, 3.63) is 105 Å². The Balaban J connectivity index is 1.66. The van der Waals surface area contributed by atoms with Crippen LogP contribution in [0.15, 0.2) is 65.6 Å². The molecule has 0 radical (unpaired) electrons. The van der Waals surface area contributed by atoms with Crippen LogP contribution in [0.2, 0.25) is 0 Å². The van der Waals surface area contributed by atoms with Gasteiger partial charge in [0, 0.05) is 38.4 Å². The van der Waals surface area contributed by atoms with Crippen molar-refractivity contribution in [1.82, 2.24) is 14.8 Å². The molecule has 2 amide bonds. The number of fused-ring (bicyclic) bond motifs is 1. The van der Waals surface area contributed by atoms with Gasteiger partial charge in [-0.1, -0.05) is 42.5 Å². The standard InChI is InChI=1S/C26H27N3O4/c1-27-24(31)23-22-11-13-28(25(32)20-9-5-8-19(14-20)17-30)15-21(22)16-29(26(23)33)12-10-18-6-3-2-4-7-18/h2-9,14,16,30H,10-13,15,17H2,1H3,(H,27,31). The second kappa shape index (κ2) is 9.83. The summed E-state index contributed by atoms with van der Waals surface area (Å²) in [5, 5.41) is 12.0. The lowest BCUT2D eigenvalue weighted by atomic mass is 9.95. The normalized spacial score (nSPS) is 12.8. The molecule has 3 aromatic rings. The third-order valence-corrected chi connectivity index (χ3v) is 6.05. The summed E-state index contributed by atoms with van der Waals surface area (Å²) >= 11 is 0. The zero-order chi connectivity index (χ0) is 23.4. The largest absolute Gasteiger partial charge is 0.392 e. The summed E-state index contributed by atoms with van der Waals surface area (Å²) in [6, 6.07) is 16.8. The van der Waals surface area contributed by atoms with Gasteiger partial charge < -0.3 is 19.9 Å². The number of carbonyl (C=O) groups is 2. The number of aromatic nitrogens is 1. The number of amides is 2. The summed E-state index contributed by atoms with van der Waals surface area (Å²) in [6.45, 7) is 1.03. The second-order valence-electron chi connectivity index (χ2n) is 8.16. The number of nitrogens with one attached hydrogen (secondary N) is 1. The Bertz CT molecular complexity index is 1230. The van der Waals surface area contributed by atoms with Gasteiger partial charge in [-0.25, -0.2) is 0 Å². The first kappa shape index (κ1) is 22.5. The quantitative estimate of drug-likeness (QED) is 0.608. The Labute approximate surface area is 192 Å². The van der Waals surface area contributed by atoms with Crippen molar-refractivity contribution in [1.29, 1.82) is 0 Å². The Morgan fingerprint density at radius 1 is 1.06 bits per heavy atom. The highest BCUT2D eigenvalue weighted by Crippen LogP contribution is 2.23. The zero-order valence-electron chi connectivity index (χ0n) is 18.6. The molecule has 0 saturated carbocycles. The molecule has 33 heavy (non-hydrogen) atoms. The predicted octanol–water partition coefficient (Wildman–Crippen LogP) is 2.14. The van der Waals surface area contributed by atoms with Crippen molar-refractivity contribution in [3.8, 4) is 0 Å². The number of hydrogen-bond donors (Lipinski definition) is 2. The summed E-state index contributed by atoms with van der Waals surface area (Å²) in [5.74, 6) is -0.541. The van der Waals surface area contributed by atoms with Gasteiger partial charge in [-0.2, -0.15) is 0 Å². The second-order valence-corrected chi connectivity index (χ2v) is 8.16. The highest BCUT2D eigenvalue weighted by molar-refractivity contribution is 5.96. The number of aryl methyl sites for hydroxylation is 2. The first-order valence-corrected chi connectivity index (χ1v) is 11.0. The SMILES string of the molecule is CNC(=O)c1c2c(cn(CCc3ccccc3)c1=O)CN(C(=O)c1cccc(CO)c1)CC2. The van der Waals surface area contributed by atoms with E-state index in [2.05, 4.69) is 5.32 Å². The molecule has 1 aliphatic rings. The summed E-state index contributed by atoms with van der Waals surface area (Å²) < 4.78 is 1.58. The van der Waals surface area contributed by atoms with Gasteiger partial charge in [-0.05, 0) is 47.2 Å². The van der Waals surface area contributed by atoms with Gasteiger partial charge in [0.25, 0.3) is 17.4 Å². The average molecular weight is 446 g/mol. The number of nitrogens with zero attached hydrogens (tertiary/aromatic N) is 2. The highest BCUT2D eigenvalue weighted by atomic mass is 16.3. The maximum atomic E-state index is 13.2. The maximum absolute atomic E-state index is 13.2. The minimum atomic E-state index is -0.402. The lowest BCUT2D eigenvalue weighted by Gasteiger charge is -2.30. The average Bonchev–Trinajstić information content (AvgIpc) is 2.87. The number of benzene rings is 2. The monoisotopic (exact) mass is 445 g/mol. The first-order valence-electron chi connectivity index (χ1n) is 11.0. The maximum Gasteiger partial charge on any atom is 0.263 e. The van der Waals surface area contributed by atoms with Gasteiger partial charge >= 0.3 is 0 Å². The fourth-order valence-corrected chi connectivity index (χ4v) is 4.29. The van der Waals surface area contributed by atoms with Crippen LogP contribution in [0.3, 0.4) is 0 Å². The molecule has 0 aliphatic carbocycles. The molecule has 0 bridgehead atoms. The van der Waals surface area contributed by atoms with Gasteiger partial charge in [-0.3, -0.25) is 14.4 Å². The molecule has 2 aromatic carbocycles. The summed E-state index contributed by atoms with van der Waals surface area (Å²) in [7, 11) is 1.52. The fraction of sp³-hybridized carbons (Fsp3) is 0.269. The molecule has 0 atom stereocenters. The number of carbonyl (C=O) groups excluding carboxylic acids is 2. The van der Waals surface area contributed by atoms with Crippen LogP contribution < -0.4 is 10.9 Å². The van der Waals surface area contributed by atoms with Crippen molar-refractivity contribution < 1.29 is 14.7 Å². The Morgan fingerprint density at radius 2 is 1.82 bits per heavy atom. The number of pyridine rings is 1. The van der Waals surface area contributed by atoms with Crippen molar-refractivity contribution in [2.24, 2.45) is 0 Å². The summed E-state index contributed by atoms with van der Waals surface area (Å²) in [6.07, 6.45) is 2.87. The minimum Gasteiger partial charge on any atom is -0.392 e. The topological polar surface area (TPSA) is 91.6 Å². The number of hydrogen-bond acceptors (Lipinski definition) is 4. The molecule has 0 spiro atoms. The van der Waals surface area contributed by atoms with Crippen LogP contribution >= 0.6 is 0 Å². The molecule has 2 heterocycles. The predicted molar refractivity (Wildman–Crippen MR) is 125 cm³/mol. The van der Waals surface area contributed by atoms with Crippen LogP contribution in [-0.2, 0) is 32.5 Å². The molecule has 1 aromatic heterocycles. The Hall–Kier alpha value is -3.71. The van der Waals surface area contributed by atoms with E-state index in [4.69, 9.17) is 0 Å². The molecular formula is C26H27N3O4. The molecule has 170 valence electrons. The van der Waals surface area contributed by atoms with E-state index in [1.54, 1.807) is 39.9 Å². The first-order chi connectivity index (χ1) is 16.0. The van der Waals surface area contributed by atoms with Crippen molar-refractivity contribution in [2.75, 3.05) is 13.6 Å². The fourth-order valence-electron chi connectivity index (χ4n) is 4.29. The molecular weight excluding hydrogens is 418 g/mol. The molecule has 7 heteroatoms. The van der Waals surface area contributed by atoms with Crippen LogP contribution in [-0.4, -0.2) is 40.0 Å². The van der Waals surface area contributed by atoms with Crippen LogP contribution in [0.1, 0.15) is 43.0 Å². The van der Waals surface area contributed by atoms with Gasteiger partial charge in [0.1, 0.15) is 5.56 Å². The Morgan fingerprint density at radius 3 is 2.55 bits per heavy atom. The molecule has 0 unspecified atom stereocenters.